The third-order valence-corrected chi connectivity index (χ3v) is 11.8. The molecule has 0 bridgehead atoms. The monoisotopic (exact) mass is 728 g/mol. The third kappa shape index (κ3) is 5.43. The molecule has 3 nitrogen and oxygen atoms in total. The molecule has 0 fully saturated rings. The van der Waals surface area contributed by atoms with Crippen LogP contribution in [0.5, 0.6) is 0 Å². The standard InChI is InChI=1S/C54H36N2O/c1-54(47-28-8-5-23-43(47)44-24-6-9-29-48(44)54)41-22-13-18-37(33-41)36-17-11-20-39(31-36)49-34-50(56-53(55-49)35-15-3-2-4-16-35)40-21-12-19-38(32-40)42-26-14-27-46-45-25-7-10-30-51(45)57-52(42)46/h2-34H,1H3. The summed E-state index contributed by atoms with van der Waals surface area (Å²) in [6.07, 6.45) is 0. The summed E-state index contributed by atoms with van der Waals surface area (Å²) < 4.78 is 6.43. The first-order valence-electron chi connectivity index (χ1n) is 19.5. The first-order valence-corrected chi connectivity index (χ1v) is 19.5. The highest BCUT2D eigenvalue weighted by atomic mass is 16.3. The predicted octanol–water partition coefficient (Wildman–Crippen LogP) is 14.0. The topological polar surface area (TPSA) is 38.9 Å². The third-order valence-electron chi connectivity index (χ3n) is 11.8. The molecule has 57 heavy (non-hydrogen) atoms. The van der Waals surface area contributed by atoms with E-state index in [0.29, 0.717) is 5.82 Å². The van der Waals surface area contributed by atoms with Crippen molar-refractivity contribution in [2.45, 2.75) is 12.3 Å². The molecule has 0 spiro atoms. The SMILES string of the molecule is CC1(c2cccc(-c3cccc(-c4cc(-c5cccc(-c6cccc7c6oc6ccccc67)c5)nc(-c5ccccc5)n4)c3)c2)c2ccccc2-c2ccccc21. The lowest BCUT2D eigenvalue weighted by Gasteiger charge is -2.28. The Morgan fingerprint density at radius 2 is 0.895 bits per heavy atom. The van der Waals surface area contributed by atoms with Crippen molar-refractivity contribution in [2.75, 3.05) is 0 Å². The van der Waals surface area contributed by atoms with Gasteiger partial charge in [0.1, 0.15) is 11.2 Å². The highest BCUT2D eigenvalue weighted by Crippen LogP contribution is 2.52. The van der Waals surface area contributed by atoms with E-state index in [1.54, 1.807) is 0 Å². The van der Waals surface area contributed by atoms with Crippen LogP contribution in [-0.4, -0.2) is 9.97 Å². The summed E-state index contributed by atoms with van der Waals surface area (Å²) in [6.45, 7) is 2.37. The lowest BCUT2D eigenvalue weighted by molar-refractivity contribution is 0.670. The van der Waals surface area contributed by atoms with E-state index in [1.165, 1.54) is 33.4 Å². The van der Waals surface area contributed by atoms with Gasteiger partial charge in [0.2, 0.25) is 0 Å². The average molecular weight is 729 g/mol. The summed E-state index contributed by atoms with van der Waals surface area (Å²) in [6, 6.07) is 71.0. The highest BCUT2D eigenvalue weighted by Gasteiger charge is 2.40. The zero-order valence-electron chi connectivity index (χ0n) is 31.4. The van der Waals surface area contributed by atoms with Gasteiger partial charge >= 0.3 is 0 Å². The fourth-order valence-electron chi connectivity index (χ4n) is 8.91. The molecule has 2 heterocycles. The van der Waals surface area contributed by atoms with Gasteiger partial charge in [0.15, 0.2) is 5.82 Å². The molecule has 0 atom stereocenters. The van der Waals surface area contributed by atoms with E-state index in [0.717, 1.165) is 66.7 Å². The number of hydrogen-bond acceptors (Lipinski definition) is 3. The van der Waals surface area contributed by atoms with Gasteiger partial charge in [0.05, 0.1) is 11.4 Å². The second-order valence-corrected chi connectivity index (χ2v) is 15.1. The molecular formula is C54H36N2O. The molecule has 1 aliphatic carbocycles. The van der Waals surface area contributed by atoms with Crippen LogP contribution in [0.25, 0.3) is 89.2 Å². The van der Waals surface area contributed by atoms with Gasteiger partial charge < -0.3 is 4.42 Å². The number of rotatable bonds is 6. The van der Waals surface area contributed by atoms with Crippen molar-refractivity contribution in [3.05, 3.63) is 217 Å². The number of benzene rings is 8. The molecule has 8 aromatic carbocycles. The van der Waals surface area contributed by atoms with E-state index in [4.69, 9.17) is 14.4 Å². The molecule has 11 rings (SSSR count). The zero-order chi connectivity index (χ0) is 37.9. The maximum absolute atomic E-state index is 6.43. The predicted molar refractivity (Wildman–Crippen MR) is 234 cm³/mol. The minimum Gasteiger partial charge on any atom is -0.455 e. The summed E-state index contributed by atoms with van der Waals surface area (Å²) in [5, 5.41) is 2.23. The van der Waals surface area contributed by atoms with E-state index in [9.17, 15) is 0 Å². The van der Waals surface area contributed by atoms with Crippen molar-refractivity contribution in [1.82, 2.24) is 9.97 Å². The minimum absolute atomic E-state index is 0.266. The van der Waals surface area contributed by atoms with Crippen LogP contribution >= 0.6 is 0 Å². The first kappa shape index (κ1) is 33.0. The summed E-state index contributed by atoms with van der Waals surface area (Å²) in [5.41, 5.74) is 17.3. The number of fused-ring (bicyclic) bond motifs is 6. The van der Waals surface area contributed by atoms with Crippen LogP contribution in [-0.2, 0) is 5.41 Å². The van der Waals surface area contributed by atoms with Crippen molar-refractivity contribution in [1.29, 1.82) is 0 Å². The molecule has 1 aliphatic rings. The summed E-state index contributed by atoms with van der Waals surface area (Å²) in [4.78, 5) is 10.4. The zero-order valence-corrected chi connectivity index (χ0v) is 31.4. The van der Waals surface area contributed by atoms with Gasteiger partial charge in [0.25, 0.3) is 0 Å². The summed E-state index contributed by atoms with van der Waals surface area (Å²) in [5.74, 6) is 0.687. The van der Waals surface area contributed by atoms with Crippen LogP contribution in [0.3, 0.4) is 0 Å². The lowest BCUT2D eigenvalue weighted by atomic mass is 9.74. The second-order valence-electron chi connectivity index (χ2n) is 15.1. The van der Waals surface area contributed by atoms with Crippen LogP contribution in [0, 0.1) is 0 Å². The summed E-state index contributed by atoms with van der Waals surface area (Å²) >= 11 is 0. The molecule has 268 valence electrons. The van der Waals surface area contributed by atoms with Gasteiger partial charge in [-0.2, -0.15) is 0 Å². The molecule has 0 radical (unpaired) electrons. The average Bonchev–Trinajstić information content (AvgIpc) is 3.80. The quantitative estimate of drug-likeness (QED) is 0.171. The van der Waals surface area contributed by atoms with Gasteiger partial charge in [-0.05, 0) is 81.8 Å². The fourth-order valence-corrected chi connectivity index (χ4v) is 8.91. The fraction of sp³-hybridized carbons (Fsp3) is 0.0370. The molecule has 0 saturated carbocycles. The van der Waals surface area contributed by atoms with Crippen molar-refractivity contribution < 1.29 is 4.42 Å². The van der Waals surface area contributed by atoms with Gasteiger partial charge in [-0.1, -0.05) is 170 Å². The smallest absolute Gasteiger partial charge is 0.160 e. The second kappa shape index (κ2) is 13.1. The van der Waals surface area contributed by atoms with Gasteiger partial charge in [-0.25, -0.2) is 9.97 Å². The number of para-hydroxylation sites is 2. The molecular weight excluding hydrogens is 693 g/mol. The number of aromatic nitrogens is 2. The van der Waals surface area contributed by atoms with E-state index in [-0.39, 0.29) is 5.41 Å². The molecule has 0 saturated heterocycles. The molecule has 3 heteroatoms. The highest BCUT2D eigenvalue weighted by molar-refractivity contribution is 6.09. The van der Waals surface area contributed by atoms with Crippen LogP contribution < -0.4 is 0 Å². The Hall–Kier alpha value is -7.36. The Kier molecular flexibility index (Phi) is 7.61. The molecule has 0 unspecified atom stereocenters. The van der Waals surface area contributed by atoms with E-state index >= 15 is 0 Å². The maximum atomic E-state index is 6.43. The molecule has 2 aromatic heterocycles. The molecule has 0 amide bonds. The van der Waals surface area contributed by atoms with Crippen molar-refractivity contribution in [2.24, 2.45) is 0 Å². The Balaban J connectivity index is 1.01. The van der Waals surface area contributed by atoms with Crippen LogP contribution in [0.4, 0.5) is 0 Å². The van der Waals surface area contributed by atoms with Crippen LogP contribution in [0.2, 0.25) is 0 Å². The van der Waals surface area contributed by atoms with Crippen molar-refractivity contribution in [3.8, 4) is 67.3 Å². The van der Waals surface area contributed by atoms with E-state index in [1.807, 2.05) is 30.3 Å². The number of nitrogens with zero attached hydrogens (tertiary/aromatic N) is 2. The molecule has 10 aromatic rings. The Morgan fingerprint density at radius 1 is 0.386 bits per heavy atom. The molecule has 0 N–H and O–H groups in total. The Morgan fingerprint density at radius 3 is 1.63 bits per heavy atom. The van der Waals surface area contributed by atoms with Crippen LogP contribution in [0.15, 0.2) is 205 Å². The first-order chi connectivity index (χ1) is 28.1. The minimum atomic E-state index is -0.266. The Bertz CT molecular complexity index is 3110. The van der Waals surface area contributed by atoms with Crippen molar-refractivity contribution >= 4 is 21.9 Å². The molecule has 0 aliphatic heterocycles. The maximum Gasteiger partial charge on any atom is 0.160 e. The van der Waals surface area contributed by atoms with Crippen LogP contribution in [0.1, 0.15) is 23.6 Å². The summed E-state index contributed by atoms with van der Waals surface area (Å²) in [7, 11) is 0. The number of furan rings is 1. The lowest BCUT2D eigenvalue weighted by Crippen LogP contribution is -2.22. The van der Waals surface area contributed by atoms with Gasteiger partial charge in [0, 0.05) is 38.4 Å². The van der Waals surface area contributed by atoms with Gasteiger partial charge in [-0.3, -0.25) is 0 Å². The van der Waals surface area contributed by atoms with E-state index < -0.39 is 0 Å². The van der Waals surface area contributed by atoms with Crippen molar-refractivity contribution in [3.63, 3.8) is 0 Å². The number of hydrogen-bond donors (Lipinski definition) is 0. The Labute approximate surface area is 331 Å². The van der Waals surface area contributed by atoms with Gasteiger partial charge in [-0.15, -0.1) is 0 Å². The normalized spacial score (nSPS) is 12.8. The largest absolute Gasteiger partial charge is 0.455 e. The van der Waals surface area contributed by atoms with E-state index in [2.05, 4.69) is 177 Å².